The van der Waals surface area contributed by atoms with E-state index < -0.39 is 0 Å². The van der Waals surface area contributed by atoms with Crippen LogP contribution in [0.2, 0.25) is 0 Å². The molecule has 2 heterocycles. The number of hydrogen-bond donors (Lipinski definition) is 1. The second-order valence-corrected chi connectivity index (χ2v) is 5.71. The summed E-state index contributed by atoms with van der Waals surface area (Å²) in [4.78, 5) is 6.57. The number of ether oxygens (including phenoxy) is 1. The first-order chi connectivity index (χ1) is 9.76. The third kappa shape index (κ3) is 3.27. The van der Waals surface area contributed by atoms with E-state index in [1.165, 1.54) is 19.0 Å². The van der Waals surface area contributed by atoms with E-state index in [9.17, 15) is 4.39 Å². The third-order valence-electron chi connectivity index (χ3n) is 4.14. The predicted molar refractivity (Wildman–Crippen MR) is 76.3 cm³/mol. The van der Waals surface area contributed by atoms with Crippen LogP contribution in [-0.2, 0) is 11.3 Å². The Morgan fingerprint density at radius 3 is 2.75 bits per heavy atom. The predicted octanol–water partition coefficient (Wildman–Crippen LogP) is 2.09. The van der Waals surface area contributed by atoms with Gasteiger partial charge in [-0.05, 0) is 31.7 Å². The van der Waals surface area contributed by atoms with Crippen LogP contribution in [0.4, 0.5) is 10.2 Å². The van der Waals surface area contributed by atoms with Crippen LogP contribution in [0.5, 0.6) is 0 Å². The zero-order valence-electron chi connectivity index (χ0n) is 11.9. The van der Waals surface area contributed by atoms with Gasteiger partial charge in [-0.3, -0.25) is 0 Å². The maximum Gasteiger partial charge on any atom is 0.141 e. The van der Waals surface area contributed by atoms with Gasteiger partial charge in [0.25, 0.3) is 0 Å². The molecule has 2 aliphatic rings. The quantitative estimate of drug-likeness (QED) is 0.895. The normalized spacial score (nSPS) is 20.4. The number of halogens is 1. The van der Waals surface area contributed by atoms with Crippen molar-refractivity contribution < 1.29 is 9.13 Å². The van der Waals surface area contributed by atoms with Crippen molar-refractivity contribution in [1.82, 2.24) is 10.3 Å². The summed E-state index contributed by atoms with van der Waals surface area (Å²) in [7, 11) is 1.77. The molecule has 0 aromatic carbocycles. The molecule has 2 fully saturated rings. The van der Waals surface area contributed by atoms with E-state index in [4.69, 9.17) is 4.74 Å². The number of piperidine rings is 1. The van der Waals surface area contributed by atoms with Crippen LogP contribution in [0, 0.1) is 5.82 Å². The average molecular weight is 279 g/mol. The highest BCUT2D eigenvalue weighted by Gasteiger charge is 2.24. The Hall–Kier alpha value is -1.20. The minimum Gasteiger partial charge on any atom is -0.381 e. The van der Waals surface area contributed by atoms with Crippen molar-refractivity contribution in [2.45, 2.75) is 44.4 Å². The Morgan fingerprint density at radius 2 is 2.10 bits per heavy atom. The molecular formula is C15H22FN3O. The molecule has 0 atom stereocenters. The molecule has 1 aliphatic carbocycles. The highest BCUT2D eigenvalue weighted by atomic mass is 19.1. The van der Waals surface area contributed by atoms with Crippen molar-refractivity contribution in [1.29, 1.82) is 0 Å². The maximum absolute atomic E-state index is 13.4. The third-order valence-corrected chi connectivity index (χ3v) is 4.14. The second kappa shape index (κ2) is 6.06. The Bertz CT molecular complexity index is 456. The largest absolute Gasteiger partial charge is 0.381 e. The van der Waals surface area contributed by atoms with Gasteiger partial charge in [0, 0.05) is 38.3 Å². The number of anilines is 1. The van der Waals surface area contributed by atoms with Gasteiger partial charge in [0.1, 0.15) is 11.6 Å². The van der Waals surface area contributed by atoms with Crippen LogP contribution >= 0.6 is 0 Å². The number of rotatable bonds is 5. The van der Waals surface area contributed by atoms with E-state index in [-0.39, 0.29) is 5.82 Å². The molecule has 5 heteroatoms. The van der Waals surface area contributed by atoms with Gasteiger partial charge >= 0.3 is 0 Å². The summed E-state index contributed by atoms with van der Waals surface area (Å²) in [6.45, 7) is 2.55. The minimum atomic E-state index is -0.256. The monoisotopic (exact) mass is 279 g/mol. The molecule has 0 radical (unpaired) electrons. The summed E-state index contributed by atoms with van der Waals surface area (Å²) >= 11 is 0. The molecule has 1 N–H and O–H groups in total. The van der Waals surface area contributed by atoms with Crippen LogP contribution in [0.25, 0.3) is 0 Å². The molecule has 20 heavy (non-hydrogen) atoms. The van der Waals surface area contributed by atoms with Crippen molar-refractivity contribution >= 4 is 5.82 Å². The Kier molecular flexibility index (Phi) is 4.17. The van der Waals surface area contributed by atoms with Gasteiger partial charge in [0.2, 0.25) is 0 Å². The number of nitrogens with one attached hydrogen (secondary N) is 1. The lowest BCUT2D eigenvalue weighted by atomic mass is 10.1. The molecule has 0 amide bonds. The van der Waals surface area contributed by atoms with Gasteiger partial charge in [-0.2, -0.15) is 0 Å². The van der Waals surface area contributed by atoms with Crippen LogP contribution in [0.3, 0.4) is 0 Å². The van der Waals surface area contributed by atoms with Gasteiger partial charge in [0.15, 0.2) is 0 Å². The lowest BCUT2D eigenvalue weighted by Gasteiger charge is -2.33. The molecule has 3 rings (SSSR count). The summed E-state index contributed by atoms with van der Waals surface area (Å²) in [6.07, 6.45) is 6.14. The molecule has 1 saturated carbocycles. The SMILES string of the molecule is COC1CCN(c2ncc(F)cc2CNC2CC2)CC1. The minimum absolute atomic E-state index is 0.256. The highest BCUT2D eigenvalue weighted by Crippen LogP contribution is 2.25. The average Bonchev–Trinajstić information content (AvgIpc) is 3.30. The number of hydrogen-bond acceptors (Lipinski definition) is 4. The van der Waals surface area contributed by atoms with Crippen molar-refractivity contribution in [3.8, 4) is 0 Å². The van der Waals surface area contributed by atoms with E-state index >= 15 is 0 Å². The number of aromatic nitrogens is 1. The first kappa shape index (κ1) is 13.8. The summed E-state index contributed by atoms with van der Waals surface area (Å²) < 4.78 is 18.8. The molecular weight excluding hydrogens is 257 g/mol. The fourth-order valence-corrected chi connectivity index (χ4v) is 2.73. The number of methoxy groups -OCH3 is 1. The molecule has 0 spiro atoms. The van der Waals surface area contributed by atoms with Crippen molar-refractivity contribution in [2.24, 2.45) is 0 Å². The fourth-order valence-electron chi connectivity index (χ4n) is 2.73. The Labute approximate surface area is 119 Å². The summed E-state index contributed by atoms with van der Waals surface area (Å²) in [5.41, 5.74) is 0.966. The van der Waals surface area contributed by atoms with Crippen LogP contribution in [0.1, 0.15) is 31.2 Å². The van der Waals surface area contributed by atoms with Crippen LogP contribution < -0.4 is 10.2 Å². The van der Waals surface area contributed by atoms with Gasteiger partial charge < -0.3 is 15.0 Å². The van der Waals surface area contributed by atoms with Gasteiger partial charge in [-0.25, -0.2) is 9.37 Å². The zero-order chi connectivity index (χ0) is 13.9. The molecule has 4 nitrogen and oxygen atoms in total. The van der Waals surface area contributed by atoms with Crippen molar-refractivity contribution in [3.63, 3.8) is 0 Å². The highest BCUT2D eigenvalue weighted by molar-refractivity contribution is 5.47. The molecule has 1 aromatic rings. The van der Waals surface area contributed by atoms with Crippen LogP contribution in [-0.4, -0.2) is 37.3 Å². The summed E-state index contributed by atoms with van der Waals surface area (Å²) in [5.74, 6) is 0.669. The second-order valence-electron chi connectivity index (χ2n) is 5.71. The maximum atomic E-state index is 13.4. The number of nitrogens with zero attached hydrogens (tertiary/aromatic N) is 2. The van der Waals surface area contributed by atoms with E-state index in [0.29, 0.717) is 18.7 Å². The summed E-state index contributed by atoms with van der Waals surface area (Å²) in [6, 6.07) is 2.23. The Morgan fingerprint density at radius 1 is 1.35 bits per heavy atom. The van der Waals surface area contributed by atoms with Crippen LogP contribution in [0.15, 0.2) is 12.3 Å². The van der Waals surface area contributed by atoms with Gasteiger partial charge in [-0.1, -0.05) is 0 Å². The number of pyridine rings is 1. The summed E-state index contributed by atoms with van der Waals surface area (Å²) in [5, 5.41) is 3.44. The standard InChI is InChI=1S/C15H22FN3O/c1-20-14-4-6-19(7-5-14)15-11(8-12(16)10-18-15)9-17-13-2-3-13/h8,10,13-14,17H,2-7,9H2,1H3. The lowest BCUT2D eigenvalue weighted by Crippen LogP contribution is -2.38. The first-order valence-corrected chi connectivity index (χ1v) is 7.42. The van der Waals surface area contributed by atoms with E-state index in [2.05, 4.69) is 15.2 Å². The van der Waals surface area contributed by atoms with Crippen molar-refractivity contribution in [2.75, 3.05) is 25.1 Å². The smallest absolute Gasteiger partial charge is 0.141 e. The molecule has 0 bridgehead atoms. The van der Waals surface area contributed by atoms with Gasteiger partial charge in [0.05, 0.1) is 12.3 Å². The molecule has 0 unspecified atom stereocenters. The Balaban J connectivity index is 1.70. The van der Waals surface area contributed by atoms with Gasteiger partial charge in [-0.15, -0.1) is 0 Å². The lowest BCUT2D eigenvalue weighted by molar-refractivity contribution is 0.0817. The molecule has 110 valence electrons. The first-order valence-electron chi connectivity index (χ1n) is 7.42. The topological polar surface area (TPSA) is 37.4 Å². The zero-order valence-corrected chi connectivity index (χ0v) is 11.9. The molecule has 1 aliphatic heterocycles. The van der Waals surface area contributed by atoms with Crippen molar-refractivity contribution in [3.05, 3.63) is 23.6 Å². The van der Waals surface area contributed by atoms with E-state index in [1.807, 2.05) is 0 Å². The molecule has 1 saturated heterocycles. The molecule has 1 aromatic heterocycles. The van der Waals surface area contributed by atoms with E-state index in [0.717, 1.165) is 37.3 Å². The fraction of sp³-hybridized carbons (Fsp3) is 0.667. The van der Waals surface area contributed by atoms with E-state index in [1.54, 1.807) is 13.2 Å².